The number of phenols is 1. The summed E-state index contributed by atoms with van der Waals surface area (Å²) >= 11 is -0.336. The summed E-state index contributed by atoms with van der Waals surface area (Å²) in [4.78, 5) is 2.10. The second kappa shape index (κ2) is 5.44. The third-order valence-corrected chi connectivity index (χ3v) is 5.32. The van der Waals surface area contributed by atoms with Crippen LogP contribution >= 0.6 is 0 Å². The van der Waals surface area contributed by atoms with Crippen molar-refractivity contribution in [2.24, 2.45) is 0 Å². The van der Waals surface area contributed by atoms with Gasteiger partial charge in [-0.25, -0.2) is 0 Å². The van der Waals surface area contributed by atoms with Gasteiger partial charge in [-0.15, -0.1) is 0 Å². The summed E-state index contributed by atoms with van der Waals surface area (Å²) < 4.78 is 2.75. The van der Waals surface area contributed by atoms with Gasteiger partial charge in [-0.05, 0) is 0 Å². The Morgan fingerprint density at radius 1 is 0.824 bits per heavy atom. The zero-order valence-corrected chi connectivity index (χ0v) is 12.3. The fraction of sp³-hybridized carbons (Fsp3) is 0.143. The van der Waals surface area contributed by atoms with E-state index in [2.05, 4.69) is 29.2 Å². The molecule has 0 fully saturated rings. The Labute approximate surface area is 112 Å². The molecule has 1 N–H and O–H groups in total. The summed E-state index contributed by atoms with van der Waals surface area (Å²) in [5.41, 5.74) is 1.23. The van der Waals surface area contributed by atoms with Crippen molar-refractivity contribution in [3.63, 3.8) is 0 Å². The zero-order chi connectivity index (χ0) is 12.3. The molecule has 0 aliphatic heterocycles. The van der Waals surface area contributed by atoms with Gasteiger partial charge in [0.1, 0.15) is 0 Å². The van der Waals surface area contributed by atoms with Gasteiger partial charge in [-0.2, -0.15) is 0 Å². The molecule has 0 saturated heterocycles. The third kappa shape index (κ3) is 3.39. The first-order valence-corrected chi connectivity index (χ1v) is 7.72. The van der Waals surface area contributed by atoms with Crippen LogP contribution in [0.3, 0.4) is 0 Å². The Morgan fingerprint density at radius 2 is 1.29 bits per heavy atom. The molecule has 0 heterocycles. The van der Waals surface area contributed by atoms with E-state index in [-0.39, 0.29) is 20.9 Å². The van der Waals surface area contributed by atoms with Crippen LogP contribution in [0.2, 0.25) is 0 Å². The molecule has 88 valence electrons. The molecular formula is C14H15NOTe. The zero-order valence-electron chi connectivity index (χ0n) is 9.92. The molecule has 0 atom stereocenters. The topological polar surface area (TPSA) is 23.5 Å². The van der Waals surface area contributed by atoms with Crippen LogP contribution in [-0.4, -0.2) is 40.1 Å². The van der Waals surface area contributed by atoms with Gasteiger partial charge >= 0.3 is 112 Å². The van der Waals surface area contributed by atoms with Gasteiger partial charge in [0.15, 0.2) is 0 Å². The van der Waals surface area contributed by atoms with E-state index in [1.54, 1.807) is 12.1 Å². The first-order chi connectivity index (χ1) is 8.15. The van der Waals surface area contributed by atoms with Crippen LogP contribution in [0.1, 0.15) is 0 Å². The van der Waals surface area contributed by atoms with Crippen molar-refractivity contribution < 1.29 is 5.11 Å². The predicted molar refractivity (Wildman–Crippen MR) is 73.9 cm³/mol. The molecule has 0 aliphatic rings. The SMILES string of the molecule is CN(C)c1ccc([Te]c2ccc(O)cc2)cc1. The van der Waals surface area contributed by atoms with E-state index in [1.165, 1.54) is 12.9 Å². The monoisotopic (exact) mass is 343 g/mol. The quantitative estimate of drug-likeness (QED) is 0.846. The van der Waals surface area contributed by atoms with E-state index in [9.17, 15) is 5.11 Å². The molecule has 2 aromatic carbocycles. The van der Waals surface area contributed by atoms with Gasteiger partial charge in [-0.1, -0.05) is 0 Å². The molecule has 0 spiro atoms. The van der Waals surface area contributed by atoms with Crippen molar-refractivity contribution in [3.8, 4) is 5.75 Å². The van der Waals surface area contributed by atoms with Crippen LogP contribution in [0, 0.1) is 0 Å². The van der Waals surface area contributed by atoms with Crippen molar-refractivity contribution >= 4 is 33.8 Å². The van der Waals surface area contributed by atoms with Crippen LogP contribution < -0.4 is 12.1 Å². The second-order valence-corrected chi connectivity index (χ2v) is 7.26. The van der Waals surface area contributed by atoms with Crippen molar-refractivity contribution in [1.29, 1.82) is 0 Å². The van der Waals surface area contributed by atoms with Crippen LogP contribution in [0.25, 0.3) is 0 Å². The molecule has 2 aromatic rings. The number of hydrogen-bond donors (Lipinski definition) is 1. The maximum atomic E-state index is 9.23. The van der Waals surface area contributed by atoms with E-state index in [1.807, 2.05) is 26.2 Å². The number of rotatable bonds is 3. The molecular weight excluding hydrogens is 326 g/mol. The summed E-state index contributed by atoms with van der Waals surface area (Å²) in [5.74, 6) is 0.337. The van der Waals surface area contributed by atoms with Gasteiger partial charge in [-0.3, -0.25) is 0 Å². The number of benzene rings is 2. The Kier molecular flexibility index (Phi) is 3.93. The Bertz CT molecular complexity index is 477. The maximum absolute atomic E-state index is 9.23. The van der Waals surface area contributed by atoms with E-state index in [0.717, 1.165) is 0 Å². The van der Waals surface area contributed by atoms with E-state index < -0.39 is 0 Å². The van der Waals surface area contributed by atoms with Crippen LogP contribution in [0.15, 0.2) is 48.5 Å². The van der Waals surface area contributed by atoms with Gasteiger partial charge in [0.2, 0.25) is 0 Å². The van der Waals surface area contributed by atoms with Crippen molar-refractivity contribution in [3.05, 3.63) is 48.5 Å². The Balaban J connectivity index is 2.11. The van der Waals surface area contributed by atoms with Crippen molar-refractivity contribution in [2.75, 3.05) is 19.0 Å². The molecule has 0 aliphatic carbocycles. The molecule has 0 unspecified atom stereocenters. The molecule has 0 saturated carbocycles. The summed E-state index contributed by atoms with van der Waals surface area (Å²) in [6, 6.07) is 16.2. The number of phenolic OH excluding ortho intramolecular Hbond substituents is 1. The van der Waals surface area contributed by atoms with Gasteiger partial charge < -0.3 is 0 Å². The van der Waals surface area contributed by atoms with E-state index in [0.29, 0.717) is 5.75 Å². The molecule has 0 bridgehead atoms. The fourth-order valence-corrected chi connectivity index (χ4v) is 3.79. The average Bonchev–Trinajstić information content (AvgIpc) is 2.33. The fourth-order valence-electron chi connectivity index (χ4n) is 1.46. The summed E-state index contributed by atoms with van der Waals surface area (Å²) in [6.45, 7) is 0. The first-order valence-electron chi connectivity index (χ1n) is 5.39. The Morgan fingerprint density at radius 3 is 1.76 bits per heavy atom. The second-order valence-electron chi connectivity index (χ2n) is 3.98. The molecule has 0 radical (unpaired) electrons. The minimum atomic E-state index is -0.336. The molecule has 0 aromatic heterocycles. The molecule has 3 heteroatoms. The third-order valence-electron chi connectivity index (χ3n) is 2.43. The van der Waals surface area contributed by atoms with Gasteiger partial charge in [0.05, 0.1) is 0 Å². The minimum absolute atomic E-state index is 0.336. The molecule has 17 heavy (non-hydrogen) atoms. The average molecular weight is 341 g/mol. The van der Waals surface area contributed by atoms with Crippen molar-refractivity contribution in [1.82, 2.24) is 0 Å². The van der Waals surface area contributed by atoms with Crippen LogP contribution in [0.5, 0.6) is 5.75 Å². The van der Waals surface area contributed by atoms with E-state index >= 15 is 0 Å². The summed E-state index contributed by atoms with van der Waals surface area (Å²) in [7, 11) is 4.09. The molecule has 2 nitrogen and oxygen atoms in total. The standard InChI is InChI=1S/C14H15NOTe/c1-15(2)11-3-7-13(8-4-11)17-14-9-5-12(16)6-10-14/h3-10,16H,1-2H3. The number of hydrogen-bond acceptors (Lipinski definition) is 2. The Hall–Kier alpha value is -1.17. The van der Waals surface area contributed by atoms with Gasteiger partial charge in [0, 0.05) is 0 Å². The predicted octanol–water partition coefficient (Wildman–Crippen LogP) is 1.11. The number of anilines is 1. The summed E-state index contributed by atoms with van der Waals surface area (Å²) in [6.07, 6.45) is 0. The normalized spacial score (nSPS) is 10.2. The van der Waals surface area contributed by atoms with E-state index in [4.69, 9.17) is 0 Å². The number of nitrogens with zero attached hydrogens (tertiary/aromatic N) is 1. The molecule has 0 amide bonds. The summed E-state index contributed by atoms with van der Waals surface area (Å²) in [5, 5.41) is 9.23. The van der Waals surface area contributed by atoms with Gasteiger partial charge in [0.25, 0.3) is 0 Å². The van der Waals surface area contributed by atoms with Crippen LogP contribution in [0.4, 0.5) is 5.69 Å². The van der Waals surface area contributed by atoms with Crippen molar-refractivity contribution in [2.45, 2.75) is 0 Å². The number of aromatic hydroxyl groups is 1. The van der Waals surface area contributed by atoms with Crippen LogP contribution in [-0.2, 0) is 0 Å². The first kappa shape index (κ1) is 12.3. The molecule has 2 rings (SSSR count).